The molecule has 0 radical (unpaired) electrons. The first-order valence-corrected chi connectivity index (χ1v) is 8.22. The lowest BCUT2D eigenvalue weighted by atomic mass is 10.1. The van der Waals surface area contributed by atoms with Gasteiger partial charge in [0, 0.05) is 6.54 Å². The molecule has 1 aliphatic rings. The minimum atomic E-state index is -3.40. The molecule has 1 fully saturated rings. The maximum Gasteiger partial charge on any atom is 0.407 e. The van der Waals surface area contributed by atoms with E-state index in [9.17, 15) is 13.2 Å². The molecule has 0 aromatic heterocycles. The molecule has 1 N–H and O–H groups in total. The van der Waals surface area contributed by atoms with Gasteiger partial charge in [-0.1, -0.05) is 0 Å². The van der Waals surface area contributed by atoms with E-state index in [1.54, 1.807) is 20.8 Å². The fourth-order valence-corrected chi connectivity index (χ4v) is 2.76. The highest BCUT2D eigenvalue weighted by Gasteiger charge is 2.28. The quantitative estimate of drug-likeness (QED) is 0.797. The molecule has 0 bridgehead atoms. The van der Waals surface area contributed by atoms with E-state index in [-0.39, 0.29) is 12.0 Å². The molecular formula is C12H23NO5S. The Balaban J connectivity index is 2.28. The van der Waals surface area contributed by atoms with Crippen LogP contribution in [0.3, 0.4) is 0 Å². The van der Waals surface area contributed by atoms with Crippen molar-refractivity contribution in [3.8, 4) is 0 Å². The molecule has 0 spiro atoms. The summed E-state index contributed by atoms with van der Waals surface area (Å²) in [5, 5.41) is 2.70. The third kappa shape index (κ3) is 7.37. The molecule has 1 saturated carbocycles. The summed E-state index contributed by atoms with van der Waals surface area (Å²) in [5.74, 6) is 0.235. The highest BCUT2D eigenvalue weighted by atomic mass is 32.2. The summed E-state index contributed by atoms with van der Waals surface area (Å²) >= 11 is 0. The minimum Gasteiger partial charge on any atom is -0.444 e. The van der Waals surface area contributed by atoms with E-state index in [2.05, 4.69) is 5.32 Å². The second kappa shape index (κ2) is 6.09. The van der Waals surface area contributed by atoms with Gasteiger partial charge >= 0.3 is 6.09 Å². The van der Waals surface area contributed by atoms with Crippen LogP contribution in [0.5, 0.6) is 0 Å². The first-order chi connectivity index (χ1) is 8.55. The van der Waals surface area contributed by atoms with Gasteiger partial charge in [0.25, 0.3) is 10.1 Å². The van der Waals surface area contributed by atoms with Crippen molar-refractivity contribution in [2.75, 3.05) is 12.8 Å². The van der Waals surface area contributed by atoms with Crippen molar-refractivity contribution in [1.29, 1.82) is 0 Å². The van der Waals surface area contributed by atoms with Crippen molar-refractivity contribution in [1.82, 2.24) is 5.32 Å². The molecular weight excluding hydrogens is 270 g/mol. The maximum absolute atomic E-state index is 11.5. The number of carbonyl (C=O) groups is 1. The van der Waals surface area contributed by atoms with Crippen LogP contribution in [0.25, 0.3) is 0 Å². The molecule has 1 rings (SSSR count). The number of alkyl carbamates (subject to hydrolysis) is 1. The SMILES string of the molecule is CC(C)(C)OC(=O)NC[C@H]1CC[C@@H](OS(C)(=O)=O)C1. The second-order valence-electron chi connectivity index (χ2n) is 5.98. The van der Waals surface area contributed by atoms with Crippen molar-refractivity contribution >= 4 is 16.2 Å². The number of nitrogens with one attached hydrogen (secondary N) is 1. The third-order valence-electron chi connectivity index (χ3n) is 2.74. The van der Waals surface area contributed by atoms with Crippen LogP contribution < -0.4 is 5.32 Å². The van der Waals surface area contributed by atoms with Gasteiger partial charge in [0.05, 0.1) is 12.4 Å². The summed E-state index contributed by atoms with van der Waals surface area (Å²) < 4.78 is 32.1. The summed E-state index contributed by atoms with van der Waals surface area (Å²) in [6, 6.07) is 0. The highest BCUT2D eigenvalue weighted by molar-refractivity contribution is 7.86. The smallest absolute Gasteiger partial charge is 0.407 e. The predicted octanol–water partition coefficient (Wildman–Crippen LogP) is 1.66. The lowest BCUT2D eigenvalue weighted by Gasteiger charge is -2.20. The molecule has 0 aromatic rings. The Morgan fingerprint density at radius 1 is 1.32 bits per heavy atom. The molecule has 6 nitrogen and oxygen atoms in total. The van der Waals surface area contributed by atoms with Gasteiger partial charge in [-0.3, -0.25) is 4.18 Å². The minimum absolute atomic E-state index is 0.235. The Morgan fingerprint density at radius 3 is 2.47 bits per heavy atom. The van der Waals surface area contributed by atoms with E-state index in [1.807, 2.05) is 0 Å². The maximum atomic E-state index is 11.5. The molecule has 0 aliphatic heterocycles. The molecule has 0 heterocycles. The summed E-state index contributed by atoms with van der Waals surface area (Å²) in [6.07, 6.45) is 2.53. The van der Waals surface area contributed by atoms with E-state index in [0.29, 0.717) is 19.4 Å². The van der Waals surface area contributed by atoms with Crippen molar-refractivity contribution in [2.45, 2.75) is 51.7 Å². The first kappa shape index (κ1) is 16.2. The van der Waals surface area contributed by atoms with Gasteiger partial charge in [0.15, 0.2) is 0 Å². The van der Waals surface area contributed by atoms with Gasteiger partial charge < -0.3 is 10.1 Å². The monoisotopic (exact) mass is 293 g/mol. The van der Waals surface area contributed by atoms with Gasteiger partial charge in [-0.05, 0) is 46.0 Å². The molecule has 2 atom stereocenters. The van der Waals surface area contributed by atoms with Crippen LogP contribution in [0, 0.1) is 5.92 Å². The van der Waals surface area contributed by atoms with Crippen LogP contribution in [-0.4, -0.2) is 39.0 Å². The molecule has 1 amide bonds. The average Bonchev–Trinajstić information content (AvgIpc) is 2.57. The zero-order chi connectivity index (χ0) is 14.7. The van der Waals surface area contributed by atoms with E-state index < -0.39 is 21.8 Å². The normalized spacial score (nSPS) is 24.2. The van der Waals surface area contributed by atoms with Crippen molar-refractivity contribution < 1.29 is 22.1 Å². The Bertz CT molecular complexity index is 412. The summed E-state index contributed by atoms with van der Waals surface area (Å²) in [7, 11) is -3.40. The number of rotatable bonds is 4. The van der Waals surface area contributed by atoms with Crippen molar-refractivity contribution in [2.24, 2.45) is 5.92 Å². The van der Waals surface area contributed by atoms with E-state index >= 15 is 0 Å². The van der Waals surface area contributed by atoms with Crippen molar-refractivity contribution in [3.05, 3.63) is 0 Å². The highest BCUT2D eigenvalue weighted by Crippen LogP contribution is 2.28. The van der Waals surface area contributed by atoms with Gasteiger partial charge in [0.2, 0.25) is 0 Å². The van der Waals surface area contributed by atoms with E-state index in [0.717, 1.165) is 12.7 Å². The Kier molecular flexibility index (Phi) is 5.20. The molecule has 0 aromatic carbocycles. The van der Waals surface area contributed by atoms with Crippen LogP contribution in [0.4, 0.5) is 4.79 Å². The fraction of sp³-hybridized carbons (Fsp3) is 0.917. The zero-order valence-electron chi connectivity index (χ0n) is 11.9. The van der Waals surface area contributed by atoms with Crippen molar-refractivity contribution in [3.63, 3.8) is 0 Å². The van der Waals surface area contributed by atoms with Crippen LogP contribution >= 0.6 is 0 Å². The molecule has 112 valence electrons. The number of hydrogen-bond donors (Lipinski definition) is 1. The Labute approximate surface area is 115 Å². The lowest BCUT2D eigenvalue weighted by molar-refractivity contribution is 0.0518. The average molecular weight is 293 g/mol. The fourth-order valence-electron chi connectivity index (χ4n) is 2.09. The molecule has 1 aliphatic carbocycles. The van der Waals surface area contributed by atoms with Crippen LogP contribution in [-0.2, 0) is 19.0 Å². The predicted molar refractivity (Wildman–Crippen MR) is 71.3 cm³/mol. The van der Waals surface area contributed by atoms with E-state index in [4.69, 9.17) is 8.92 Å². The summed E-state index contributed by atoms with van der Waals surface area (Å²) in [6.45, 7) is 5.90. The summed E-state index contributed by atoms with van der Waals surface area (Å²) in [5.41, 5.74) is -0.512. The van der Waals surface area contributed by atoms with Crippen LogP contribution in [0.15, 0.2) is 0 Å². The van der Waals surface area contributed by atoms with Gasteiger partial charge in [-0.2, -0.15) is 8.42 Å². The third-order valence-corrected chi connectivity index (χ3v) is 3.36. The van der Waals surface area contributed by atoms with Gasteiger partial charge in [-0.25, -0.2) is 4.79 Å². The first-order valence-electron chi connectivity index (χ1n) is 6.40. The Hall–Kier alpha value is -0.820. The number of hydrogen-bond acceptors (Lipinski definition) is 5. The summed E-state index contributed by atoms with van der Waals surface area (Å²) in [4.78, 5) is 11.5. The zero-order valence-corrected chi connectivity index (χ0v) is 12.7. The topological polar surface area (TPSA) is 81.7 Å². The van der Waals surface area contributed by atoms with Gasteiger partial charge in [0.1, 0.15) is 5.60 Å². The van der Waals surface area contributed by atoms with Gasteiger partial charge in [-0.15, -0.1) is 0 Å². The second-order valence-corrected chi connectivity index (χ2v) is 7.58. The molecule has 0 saturated heterocycles. The number of carbonyl (C=O) groups excluding carboxylic acids is 1. The Morgan fingerprint density at radius 2 is 1.95 bits per heavy atom. The number of ether oxygens (including phenoxy) is 1. The molecule has 19 heavy (non-hydrogen) atoms. The number of amides is 1. The van der Waals surface area contributed by atoms with Crippen LogP contribution in [0.1, 0.15) is 40.0 Å². The lowest BCUT2D eigenvalue weighted by Crippen LogP contribution is -2.35. The molecule has 0 unspecified atom stereocenters. The standard InChI is InChI=1S/C12H23NO5S/c1-12(2,3)17-11(14)13-8-9-5-6-10(7-9)18-19(4,15)16/h9-10H,5-8H2,1-4H3,(H,13,14)/t9-,10+/m0/s1. The van der Waals surface area contributed by atoms with E-state index in [1.165, 1.54) is 0 Å². The largest absolute Gasteiger partial charge is 0.444 e. The molecule has 7 heteroatoms. The van der Waals surface area contributed by atoms with Crippen LogP contribution in [0.2, 0.25) is 0 Å².